The monoisotopic (exact) mass is 218 g/mol. The Hall–Kier alpha value is -1.49. The van der Waals surface area contributed by atoms with Gasteiger partial charge in [-0.3, -0.25) is 0 Å². The zero-order valence-electron chi connectivity index (χ0n) is 9.02. The van der Waals surface area contributed by atoms with E-state index < -0.39 is 0 Å². The van der Waals surface area contributed by atoms with Crippen LogP contribution in [0.3, 0.4) is 0 Å². The quantitative estimate of drug-likeness (QED) is 0.825. The summed E-state index contributed by atoms with van der Waals surface area (Å²) in [5.74, 6) is 1.55. The molecule has 0 aliphatic carbocycles. The second kappa shape index (κ2) is 4.17. The van der Waals surface area contributed by atoms with Crippen molar-refractivity contribution in [3.63, 3.8) is 0 Å². The first-order chi connectivity index (χ1) is 7.92. The summed E-state index contributed by atoms with van der Waals surface area (Å²) in [5.41, 5.74) is 1.66. The number of fused-ring (bicyclic) bond motifs is 1. The highest BCUT2D eigenvalue weighted by Crippen LogP contribution is 2.18. The summed E-state index contributed by atoms with van der Waals surface area (Å²) in [6.07, 6.45) is 6.62. The van der Waals surface area contributed by atoms with Gasteiger partial charge in [-0.15, -0.1) is 0 Å². The average molecular weight is 218 g/mol. The molecule has 0 aromatic carbocycles. The number of imidazole rings is 1. The van der Waals surface area contributed by atoms with E-state index in [1.54, 1.807) is 6.33 Å². The van der Waals surface area contributed by atoms with Crippen LogP contribution < -0.4 is 0 Å². The lowest BCUT2D eigenvalue weighted by molar-refractivity contribution is 0.0660. The molecule has 0 spiro atoms. The highest BCUT2D eigenvalue weighted by atomic mass is 16.5. The second-order valence-electron chi connectivity index (χ2n) is 4.19. The fraction of sp³-hybridized carbons (Fsp3) is 0.545. The predicted molar refractivity (Wildman–Crippen MR) is 58.9 cm³/mol. The Bertz CT molecular complexity index is 476. The molecule has 16 heavy (non-hydrogen) atoms. The largest absolute Gasteiger partial charge is 0.381 e. The van der Waals surface area contributed by atoms with Crippen LogP contribution >= 0.6 is 0 Å². The zero-order chi connectivity index (χ0) is 10.8. The third kappa shape index (κ3) is 1.90. The van der Waals surface area contributed by atoms with Crippen LogP contribution in [0.25, 0.3) is 11.2 Å². The van der Waals surface area contributed by atoms with Crippen LogP contribution in [0.1, 0.15) is 18.7 Å². The minimum Gasteiger partial charge on any atom is -0.381 e. The summed E-state index contributed by atoms with van der Waals surface area (Å²) in [4.78, 5) is 15.9. The lowest BCUT2D eigenvalue weighted by Gasteiger charge is -2.20. The molecule has 84 valence electrons. The first-order valence-electron chi connectivity index (χ1n) is 5.64. The molecule has 0 bridgehead atoms. The summed E-state index contributed by atoms with van der Waals surface area (Å²) < 4.78 is 5.34. The molecule has 5 nitrogen and oxygen atoms in total. The SMILES string of the molecule is c1nc2nc(CC3CCOCC3)ncc2[nH]1. The molecule has 1 fully saturated rings. The van der Waals surface area contributed by atoms with Gasteiger partial charge >= 0.3 is 0 Å². The van der Waals surface area contributed by atoms with E-state index in [-0.39, 0.29) is 0 Å². The second-order valence-corrected chi connectivity index (χ2v) is 4.19. The third-order valence-corrected chi connectivity index (χ3v) is 3.04. The van der Waals surface area contributed by atoms with Crippen LogP contribution in [0.5, 0.6) is 0 Å². The molecular weight excluding hydrogens is 204 g/mol. The van der Waals surface area contributed by atoms with Crippen LogP contribution in [0.2, 0.25) is 0 Å². The minimum absolute atomic E-state index is 0.658. The van der Waals surface area contributed by atoms with Crippen molar-refractivity contribution in [3.05, 3.63) is 18.3 Å². The van der Waals surface area contributed by atoms with E-state index in [0.717, 1.165) is 49.5 Å². The van der Waals surface area contributed by atoms with Crippen molar-refractivity contribution < 1.29 is 4.74 Å². The number of nitrogens with zero attached hydrogens (tertiary/aromatic N) is 3. The van der Waals surface area contributed by atoms with E-state index in [4.69, 9.17) is 4.74 Å². The number of aromatic amines is 1. The van der Waals surface area contributed by atoms with Crippen LogP contribution in [0, 0.1) is 5.92 Å². The molecule has 0 radical (unpaired) electrons. The van der Waals surface area contributed by atoms with Gasteiger partial charge in [-0.2, -0.15) is 0 Å². The lowest BCUT2D eigenvalue weighted by atomic mass is 9.96. The Balaban J connectivity index is 1.77. The number of ether oxygens (including phenoxy) is 1. The molecule has 0 saturated carbocycles. The Labute approximate surface area is 93.3 Å². The van der Waals surface area contributed by atoms with Gasteiger partial charge in [-0.25, -0.2) is 15.0 Å². The maximum absolute atomic E-state index is 5.34. The molecule has 2 aromatic rings. The van der Waals surface area contributed by atoms with Gasteiger partial charge in [0.15, 0.2) is 5.65 Å². The first-order valence-corrected chi connectivity index (χ1v) is 5.64. The molecule has 0 unspecified atom stereocenters. The number of rotatable bonds is 2. The summed E-state index contributed by atoms with van der Waals surface area (Å²) in [6, 6.07) is 0. The normalized spacial score (nSPS) is 18.0. The Morgan fingerprint density at radius 1 is 1.31 bits per heavy atom. The molecule has 2 aromatic heterocycles. The highest BCUT2D eigenvalue weighted by Gasteiger charge is 2.15. The van der Waals surface area contributed by atoms with E-state index in [9.17, 15) is 0 Å². The molecule has 1 aliphatic heterocycles. The van der Waals surface area contributed by atoms with Crippen molar-refractivity contribution in [2.75, 3.05) is 13.2 Å². The number of hydrogen-bond acceptors (Lipinski definition) is 4. The van der Waals surface area contributed by atoms with Crippen molar-refractivity contribution in [2.24, 2.45) is 5.92 Å². The molecule has 1 saturated heterocycles. The van der Waals surface area contributed by atoms with Crippen LogP contribution in [-0.2, 0) is 11.2 Å². The number of H-pyrrole nitrogens is 1. The lowest BCUT2D eigenvalue weighted by Crippen LogP contribution is -2.18. The van der Waals surface area contributed by atoms with E-state index in [0.29, 0.717) is 5.92 Å². The van der Waals surface area contributed by atoms with E-state index >= 15 is 0 Å². The minimum atomic E-state index is 0.658. The fourth-order valence-electron chi connectivity index (χ4n) is 2.08. The Morgan fingerprint density at radius 2 is 2.19 bits per heavy atom. The van der Waals surface area contributed by atoms with Crippen molar-refractivity contribution in [1.29, 1.82) is 0 Å². The molecular formula is C11H14N4O. The summed E-state index contributed by atoms with van der Waals surface area (Å²) in [6.45, 7) is 1.74. The fourth-order valence-corrected chi connectivity index (χ4v) is 2.08. The van der Waals surface area contributed by atoms with Crippen molar-refractivity contribution in [3.8, 4) is 0 Å². The van der Waals surface area contributed by atoms with Crippen molar-refractivity contribution in [1.82, 2.24) is 19.9 Å². The first kappa shape index (κ1) is 9.72. The van der Waals surface area contributed by atoms with E-state index in [1.807, 2.05) is 6.20 Å². The van der Waals surface area contributed by atoms with Gasteiger partial charge in [-0.1, -0.05) is 0 Å². The van der Waals surface area contributed by atoms with Gasteiger partial charge in [0.25, 0.3) is 0 Å². The Morgan fingerprint density at radius 3 is 3.06 bits per heavy atom. The van der Waals surface area contributed by atoms with Crippen molar-refractivity contribution >= 4 is 11.2 Å². The number of aromatic nitrogens is 4. The summed E-state index contributed by atoms with van der Waals surface area (Å²) in [7, 11) is 0. The van der Waals surface area contributed by atoms with Gasteiger partial charge in [0.1, 0.15) is 11.3 Å². The van der Waals surface area contributed by atoms with Crippen molar-refractivity contribution in [2.45, 2.75) is 19.3 Å². The van der Waals surface area contributed by atoms with Gasteiger partial charge in [-0.05, 0) is 18.8 Å². The number of nitrogens with one attached hydrogen (secondary N) is 1. The van der Waals surface area contributed by atoms with Crippen LogP contribution in [0.4, 0.5) is 0 Å². The average Bonchev–Trinajstić information content (AvgIpc) is 2.77. The number of hydrogen-bond donors (Lipinski definition) is 1. The third-order valence-electron chi connectivity index (χ3n) is 3.04. The van der Waals surface area contributed by atoms with Crippen LogP contribution in [0.15, 0.2) is 12.5 Å². The van der Waals surface area contributed by atoms with Gasteiger partial charge < -0.3 is 9.72 Å². The summed E-state index contributed by atoms with van der Waals surface area (Å²) >= 11 is 0. The highest BCUT2D eigenvalue weighted by molar-refractivity contribution is 5.68. The van der Waals surface area contributed by atoms with E-state index in [2.05, 4.69) is 19.9 Å². The Kier molecular flexibility index (Phi) is 2.53. The molecule has 3 heterocycles. The maximum atomic E-state index is 5.34. The molecule has 0 atom stereocenters. The van der Waals surface area contributed by atoms with Gasteiger partial charge in [0.2, 0.25) is 0 Å². The van der Waals surface area contributed by atoms with Crippen LogP contribution in [-0.4, -0.2) is 33.1 Å². The predicted octanol–water partition coefficient (Wildman–Crippen LogP) is 1.32. The molecule has 1 aliphatic rings. The summed E-state index contributed by atoms with van der Waals surface area (Å²) in [5, 5.41) is 0. The molecule has 3 rings (SSSR count). The smallest absolute Gasteiger partial charge is 0.180 e. The topological polar surface area (TPSA) is 63.7 Å². The maximum Gasteiger partial charge on any atom is 0.180 e. The molecule has 1 N–H and O–H groups in total. The van der Waals surface area contributed by atoms with Gasteiger partial charge in [0, 0.05) is 19.6 Å². The van der Waals surface area contributed by atoms with E-state index in [1.165, 1.54) is 0 Å². The zero-order valence-corrected chi connectivity index (χ0v) is 9.02. The molecule has 5 heteroatoms. The van der Waals surface area contributed by atoms with Gasteiger partial charge in [0.05, 0.1) is 12.5 Å². The standard InChI is InChI=1S/C11H14N4O/c1-3-16-4-2-8(1)5-10-12-6-9-11(15-10)14-7-13-9/h6-8H,1-5H2,(H,12,13,14,15). The molecule has 0 amide bonds.